The standard InChI is InChI=1S/C27H22BrFN4O2S/c1-14-32-24(25(36-14)16-7-8-21(29)20(28)11-16)27(35)33-18(10-17-12-22(17)33)13-31-26(34)19-6-2-4-15-5-3-9-30-23(15)19/h2-9,11,17-18,22H,10,12-13H2,1H3,(H,31,34)/t17-,18+,22+/m1/s1. The molecular formula is C27H22BrFN4O2S. The lowest BCUT2D eigenvalue weighted by Gasteiger charge is -2.27. The number of aryl methyl sites for hydroxylation is 1. The number of carbonyl (C=O) groups excluding carboxylic acids is 2. The minimum atomic E-state index is -0.356. The number of rotatable bonds is 5. The van der Waals surface area contributed by atoms with Gasteiger partial charge in [-0.15, -0.1) is 11.3 Å². The summed E-state index contributed by atoms with van der Waals surface area (Å²) >= 11 is 4.66. The lowest BCUT2D eigenvalue weighted by Crippen LogP contribution is -2.45. The van der Waals surface area contributed by atoms with Crippen LogP contribution in [0.2, 0.25) is 0 Å². The fourth-order valence-electron chi connectivity index (χ4n) is 5.18. The number of carbonyl (C=O) groups is 2. The third-order valence-electron chi connectivity index (χ3n) is 6.94. The number of fused-ring (bicyclic) bond motifs is 2. The van der Waals surface area contributed by atoms with Crippen LogP contribution in [-0.2, 0) is 0 Å². The third-order valence-corrected chi connectivity index (χ3v) is 8.57. The first-order valence-corrected chi connectivity index (χ1v) is 13.4. The van der Waals surface area contributed by atoms with E-state index in [1.165, 1.54) is 17.4 Å². The second-order valence-electron chi connectivity index (χ2n) is 9.30. The zero-order valence-electron chi connectivity index (χ0n) is 19.4. The molecule has 6 nitrogen and oxygen atoms in total. The monoisotopic (exact) mass is 564 g/mol. The Morgan fingerprint density at radius 2 is 2.03 bits per heavy atom. The summed E-state index contributed by atoms with van der Waals surface area (Å²) in [5.41, 5.74) is 2.32. The number of hydrogen-bond donors (Lipinski definition) is 1. The van der Waals surface area contributed by atoms with Crippen LogP contribution in [0.25, 0.3) is 21.3 Å². The van der Waals surface area contributed by atoms with E-state index in [2.05, 4.69) is 31.2 Å². The summed E-state index contributed by atoms with van der Waals surface area (Å²) in [6, 6.07) is 14.1. The van der Waals surface area contributed by atoms with E-state index in [0.29, 0.717) is 33.7 Å². The number of nitrogens with one attached hydrogen (secondary N) is 1. The van der Waals surface area contributed by atoms with E-state index in [-0.39, 0.29) is 29.7 Å². The number of para-hydroxylation sites is 1. The molecule has 9 heteroatoms. The number of benzene rings is 2. The number of thiazole rings is 1. The van der Waals surface area contributed by atoms with Crippen molar-refractivity contribution in [3.63, 3.8) is 0 Å². The Bertz CT molecular complexity index is 1520. The molecule has 0 spiro atoms. The van der Waals surface area contributed by atoms with Crippen LogP contribution < -0.4 is 5.32 Å². The summed E-state index contributed by atoms with van der Waals surface area (Å²) < 4.78 is 14.2. The van der Waals surface area contributed by atoms with Gasteiger partial charge in [-0.05, 0) is 71.4 Å². The second kappa shape index (κ2) is 9.05. The average molecular weight is 565 g/mol. The van der Waals surface area contributed by atoms with Gasteiger partial charge in [0.1, 0.15) is 11.5 Å². The van der Waals surface area contributed by atoms with Crippen molar-refractivity contribution in [1.29, 1.82) is 0 Å². The van der Waals surface area contributed by atoms with Crippen LogP contribution in [0.4, 0.5) is 4.39 Å². The SMILES string of the molecule is Cc1nc(C(=O)N2[C@H](CNC(=O)c3cccc4cccnc34)C[C@@H]3C[C@@H]32)c(-c2ccc(F)c(Br)c2)s1. The first kappa shape index (κ1) is 23.2. The minimum absolute atomic E-state index is 0.108. The Balaban J connectivity index is 1.24. The molecule has 2 aliphatic rings. The molecule has 3 atom stereocenters. The van der Waals surface area contributed by atoms with Gasteiger partial charge in [-0.2, -0.15) is 0 Å². The first-order chi connectivity index (χ1) is 17.4. The minimum Gasteiger partial charge on any atom is -0.350 e. The van der Waals surface area contributed by atoms with Crippen LogP contribution in [0.15, 0.2) is 59.2 Å². The van der Waals surface area contributed by atoms with E-state index in [1.54, 1.807) is 24.4 Å². The number of hydrogen-bond acceptors (Lipinski definition) is 5. The van der Waals surface area contributed by atoms with E-state index >= 15 is 0 Å². The number of piperidine rings is 1. The molecule has 4 aromatic rings. The van der Waals surface area contributed by atoms with Gasteiger partial charge in [-0.1, -0.05) is 24.3 Å². The van der Waals surface area contributed by atoms with Gasteiger partial charge in [0, 0.05) is 24.2 Å². The Kier molecular flexibility index (Phi) is 5.84. The number of halogens is 2. The molecular weight excluding hydrogens is 543 g/mol. The number of likely N-dealkylation sites (tertiary alicyclic amines) is 1. The molecule has 182 valence electrons. The van der Waals surface area contributed by atoms with Gasteiger partial charge in [0.25, 0.3) is 11.8 Å². The highest BCUT2D eigenvalue weighted by Crippen LogP contribution is 2.49. The molecule has 2 fully saturated rings. The molecule has 0 bridgehead atoms. The number of pyridine rings is 1. The van der Waals surface area contributed by atoms with Crippen molar-refractivity contribution in [2.45, 2.75) is 31.8 Å². The zero-order chi connectivity index (χ0) is 25.0. The first-order valence-electron chi connectivity index (χ1n) is 11.8. The molecule has 3 heterocycles. The largest absolute Gasteiger partial charge is 0.350 e. The quantitative estimate of drug-likeness (QED) is 0.342. The van der Waals surface area contributed by atoms with Crippen molar-refractivity contribution in [1.82, 2.24) is 20.2 Å². The molecule has 1 aliphatic carbocycles. The molecule has 36 heavy (non-hydrogen) atoms. The van der Waals surface area contributed by atoms with Crippen molar-refractivity contribution >= 4 is 50.0 Å². The second-order valence-corrected chi connectivity index (χ2v) is 11.4. The molecule has 1 N–H and O–H groups in total. The van der Waals surface area contributed by atoms with Crippen molar-refractivity contribution in [3.05, 3.63) is 81.3 Å². The Hall–Kier alpha value is -3.17. The number of aromatic nitrogens is 2. The molecule has 6 rings (SSSR count). The van der Waals surface area contributed by atoms with Gasteiger partial charge in [0.05, 0.1) is 31.5 Å². The summed E-state index contributed by atoms with van der Waals surface area (Å²) in [6.07, 6.45) is 3.51. The van der Waals surface area contributed by atoms with Crippen molar-refractivity contribution in [3.8, 4) is 10.4 Å². The molecule has 2 aromatic carbocycles. The van der Waals surface area contributed by atoms with Gasteiger partial charge in [0.15, 0.2) is 0 Å². The molecule has 2 amide bonds. The van der Waals surface area contributed by atoms with Crippen molar-refractivity contribution in [2.24, 2.45) is 5.92 Å². The predicted molar refractivity (Wildman–Crippen MR) is 140 cm³/mol. The van der Waals surface area contributed by atoms with Crippen molar-refractivity contribution < 1.29 is 14.0 Å². The highest BCUT2D eigenvalue weighted by molar-refractivity contribution is 9.10. The van der Waals surface area contributed by atoms with Gasteiger partial charge in [-0.25, -0.2) is 9.37 Å². The lowest BCUT2D eigenvalue weighted by molar-refractivity contribution is 0.0684. The maximum atomic E-state index is 13.8. The van der Waals surface area contributed by atoms with Crippen LogP contribution in [0.3, 0.4) is 0 Å². The molecule has 2 aromatic heterocycles. The van der Waals surface area contributed by atoms with Crippen LogP contribution in [-0.4, -0.2) is 45.3 Å². The molecule has 0 unspecified atom stereocenters. The molecule has 1 saturated carbocycles. The number of nitrogens with zero attached hydrogens (tertiary/aromatic N) is 3. The summed E-state index contributed by atoms with van der Waals surface area (Å²) in [5.74, 6) is -0.233. The maximum absolute atomic E-state index is 13.8. The fourth-order valence-corrected chi connectivity index (χ4v) is 6.46. The van der Waals surface area contributed by atoms with Crippen LogP contribution in [0.5, 0.6) is 0 Å². The number of amides is 2. The smallest absolute Gasteiger partial charge is 0.274 e. The Morgan fingerprint density at radius 1 is 1.19 bits per heavy atom. The van der Waals surface area contributed by atoms with Crippen LogP contribution in [0.1, 0.15) is 38.7 Å². The Morgan fingerprint density at radius 3 is 2.86 bits per heavy atom. The zero-order valence-corrected chi connectivity index (χ0v) is 21.8. The van der Waals surface area contributed by atoms with E-state index in [1.807, 2.05) is 36.1 Å². The van der Waals surface area contributed by atoms with Crippen molar-refractivity contribution in [2.75, 3.05) is 6.54 Å². The molecule has 0 radical (unpaired) electrons. The molecule has 1 saturated heterocycles. The Labute approximate surface area is 219 Å². The summed E-state index contributed by atoms with van der Waals surface area (Å²) in [7, 11) is 0. The molecule has 1 aliphatic heterocycles. The van der Waals surface area contributed by atoms with E-state index in [9.17, 15) is 14.0 Å². The highest BCUT2D eigenvalue weighted by atomic mass is 79.9. The topological polar surface area (TPSA) is 75.2 Å². The van der Waals surface area contributed by atoms with Gasteiger partial charge >= 0.3 is 0 Å². The van der Waals surface area contributed by atoms with E-state index in [4.69, 9.17) is 0 Å². The fraction of sp³-hybridized carbons (Fsp3) is 0.259. The van der Waals surface area contributed by atoms with E-state index in [0.717, 1.165) is 33.7 Å². The van der Waals surface area contributed by atoms with Gasteiger partial charge in [0.2, 0.25) is 0 Å². The van der Waals surface area contributed by atoms with Gasteiger partial charge < -0.3 is 10.2 Å². The van der Waals surface area contributed by atoms with Crippen LogP contribution >= 0.6 is 27.3 Å². The lowest BCUT2D eigenvalue weighted by atomic mass is 10.1. The summed E-state index contributed by atoms with van der Waals surface area (Å²) in [4.78, 5) is 38.4. The highest BCUT2D eigenvalue weighted by Gasteiger charge is 2.54. The third kappa shape index (κ3) is 4.10. The van der Waals surface area contributed by atoms with E-state index < -0.39 is 0 Å². The summed E-state index contributed by atoms with van der Waals surface area (Å²) in [5, 5.41) is 4.71. The normalized spacial score (nSPS) is 20.4. The average Bonchev–Trinajstić information content (AvgIpc) is 3.37. The summed E-state index contributed by atoms with van der Waals surface area (Å²) in [6.45, 7) is 2.23. The predicted octanol–water partition coefficient (Wildman–Crippen LogP) is 5.60. The van der Waals surface area contributed by atoms with Crippen LogP contribution in [0, 0.1) is 18.7 Å². The maximum Gasteiger partial charge on any atom is 0.274 e. The van der Waals surface area contributed by atoms with Gasteiger partial charge in [-0.3, -0.25) is 14.6 Å².